The van der Waals surface area contributed by atoms with Crippen LogP contribution in [0.3, 0.4) is 0 Å². The van der Waals surface area contributed by atoms with Crippen molar-refractivity contribution in [3.8, 4) is 0 Å². The Kier molecular flexibility index (Phi) is 2.58. The molecule has 3 aliphatic rings. The molecule has 0 N–H and O–H groups in total. The Labute approximate surface area is 99.9 Å². The molecule has 3 atom stereocenters. The minimum absolute atomic E-state index is 0.593. The second-order valence-corrected chi connectivity index (χ2v) is 7.29. The van der Waals surface area contributed by atoms with Crippen molar-refractivity contribution in [1.82, 2.24) is 0 Å². The van der Waals surface area contributed by atoms with Crippen LogP contribution in [0.1, 0.15) is 58.8 Å². The van der Waals surface area contributed by atoms with Crippen molar-refractivity contribution < 1.29 is 4.74 Å². The molecule has 92 valence electrons. The van der Waals surface area contributed by atoms with Crippen LogP contribution in [0, 0.1) is 22.7 Å². The molecule has 1 heterocycles. The van der Waals surface area contributed by atoms with Gasteiger partial charge in [0.15, 0.2) is 0 Å². The molecule has 2 aliphatic carbocycles. The zero-order valence-corrected chi connectivity index (χ0v) is 10.9. The van der Waals surface area contributed by atoms with Crippen molar-refractivity contribution in [2.45, 2.75) is 58.8 Å². The summed E-state index contributed by atoms with van der Waals surface area (Å²) in [4.78, 5) is 0. The smallest absolute Gasteiger partial charge is 0.0523 e. The van der Waals surface area contributed by atoms with Crippen LogP contribution in [-0.4, -0.2) is 13.2 Å². The molecule has 0 radical (unpaired) electrons. The van der Waals surface area contributed by atoms with Crippen LogP contribution in [0.2, 0.25) is 0 Å². The fraction of sp³-hybridized carbons (Fsp3) is 1.00. The Hall–Kier alpha value is -0.0400. The van der Waals surface area contributed by atoms with Gasteiger partial charge in [0, 0.05) is 6.61 Å². The number of rotatable bonds is 0. The number of hydrogen-bond donors (Lipinski definition) is 0. The monoisotopic (exact) mass is 222 g/mol. The van der Waals surface area contributed by atoms with Gasteiger partial charge in [-0.25, -0.2) is 0 Å². The molecular formula is C15H26O. The highest BCUT2D eigenvalue weighted by molar-refractivity contribution is 4.98. The first-order valence-electron chi connectivity index (χ1n) is 7.19. The van der Waals surface area contributed by atoms with Gasteiger partial charge in [0.2, 0.25) is 0 Å². The largest absolute Gasteiger partial charge is 0.381 e. The van der Waals surface area contributed by atoms with E-state index in [1.807, 2.05) is 0 Å². The van der Waals surface area contributed by atoms with Crippen LogP contribution in [0.15, 0.2) is 0 Å². The van der Waals surface area contributed by atoms with Gasteiger partial charge in [-0.2, -0.15) is 0 Å². The average molecular weight is 222 g/mol. The summed E-state index contributed by atoms with van der Waals surface area (Å²) in [5.74, 6) is 2.02. The van der Waals surface area contributed by atoms with E-state index in [0.717, 1.165) is 25.0 Å². The molecule has 0 bridgehead atoms. The first-order chi connectivity index (χ1) is 7.61. The lowest BCUT2D eigenvalue weighted by Crippen LogP contribution is -2.43. The number of ether oxygens (including phenoxy) is 1. The van der Waals surface area contributed by atoms with Crippen molar-refractivity contribution in [2.75, 3.05) is 13.2 Å². The summed E-state index contributed by atoms with van der Waals surface area (Å²) in [6.07, 6.45) is 10.2. The van der Waals surface area contributed by atoms with Crippen molar-refractivity contribution in [3.05, 3.63) is 0 Å². The molecular weight excluding hydrogens is 196 g/mol. The highest BCUT2D eigenvalue weighted by atomic mass is 16.5. The van der Waals surface area contributed by atoms with E-state index in [2.05, 4.69) is 13.8 Å². The third-order valence-corrected chi connectivity index (χ3v) is 5.85. The first kappa shape index (κ1) is 11.1. The molecule has 1 spiro atoms. The number of hydrogen-bond acceptors (Lipinski definition) is 1. The Morgan fingerprint density at radius 2 is 1.94 bits per heavy atom. The quantitative estimate of drug-likeness (QED) is 0.601. The summed E-state index contributed by atoms with van der Waals surface area (Å²) < 4.78 is 5.69. The van der Waals surface area contributed by atoms with Gasteiger partial charge in [-0.1, -0.05) is 26.7 Å². The molecule has 1 heteroatoms. The third kappa shape index (κ3) is 1.72. The summed E-state index contributed by atoms with van der Waals surface area (Å²) in [6.45, 7) is 7.11. The van der Waals surface area contributed by atoms with Crippen molar-refractivity contribution in [2.24, 2.45) is 22.7 Å². The summed E-state index contributed by atoms with van der Waals surface area (Å²) in [7, 11) is 0. The van der Waals surface area contributed by atoms with Gasteiger partial charge in [0.1, 0.15) is 0 Å². The first-order valence-corrected chi connectivity index (χ1v) is 7.19. The normalized spacial score (nSPS) is 46.9. The van der Waals surface area contributed by atoms with Gasteiger partial charge in [-0.05, 0) is 54.8 Å². The second-order valence-electron chi connectivity index (χ2n) is 7.29. The van der Waals surface area contributed by atoms with Gasteiger partial charge in [0.05, 0.1) is 6.61 Å². The van der Waals surface area contributed by atoms with Gasteiger partial charge in [-0.15, -0.1) is 0 Å². The lowest BCUT2D eigenvalue weighted by Gasteiger charge is -2.52. The van der Waals surface area contributed by atoms with Crippen LogP contribution in [0.5, 0.6) is 0 Å². The minimum Gasteiger partial charge on any atom is -0.381 e. The fourth-order valence-electron chi connectivity index (χ4n) is 4.70. The van der Waals surface area contributed by atoms with Crippen molar-refractivity contribution in [3.63, 3.8) is 0 Å². The van der Waals surface area contributed by atoms with Crippen LogP contribution >= 0.6 is 0 Å². The highest BCUT2D eigenvalue weighted by Crippen LogP contribution is 2.57. The standard InChI is InChI=1S/C15H26O/c1-14(2)6-3-4-12-5-7-15(10-13(12)14)8-9-16-11-15/h12-13H,3-11H2,1-2H3. The molecule has 0 aromatic rings. The highest BCUT2D eigenvalue weighted by Gasteiger charge is 2.48. The second kappa shape index (κ2) is 3.73. The van der Waals surface area contributed by atoms with Gasteiger partial charge in [0.25, 0.3) is 0 Å². The average Bonchev–Trinajstić information content (AvgIpc) is 2.68. The Bertz CT molecular complexity index is 263. The lowest BCUT2D eigenvalue weighted by atomic mass is 9.53. The maximum atomic E-state index is 5.69. The molecule has 16 heavy (non-hydrogen) atoms. The van der Waals surface area contributed by atoms with E-state index in [1.165, 1.54) is 44.9 Å². The van der Waals surface area contributed by atoms with E-state index >= 15 is 0 Å². The molecule has 1 saturated heterocycles. The van der Waals surface area contributed by atoms with Crippen molar-refractivity contribution in [1.29, 1.82) is 0 Å². The van der Waals surface area contributed by atoms with Gasteiger partial charge >= 0.3 is 0 Å². The van der Waals surface area contributed by atoms with E-state index in [4.69, 9.17) is 4.74 Å². The predicted octanol–water partition coefficient (Wildman–Crippen LogP) is 4.02. The molecule has 3 unspecified atom stereocenters. The molecule has 0 aromatic heterocycles. The zero-order valence-electron chi connectivity index (χ0n) is 10.9. The van der Waals surface area contributed by atoms with E-state index in [9.17, 15) is 0 Å². The lowest BCUT2D eigenvalue weighted by molar-refractivity contribution is -0.0233. The summed E-state index contributed by atoms with van der Waals surface area (Å²) in [5, 5.41) is 0. The minimum atomic E-state index is 0.593. The van der Waals surface area contributed by atoms with E-state index < -0.39 is 0 Å². The van der Waals surface area contributed by atoms with Gasteiger partial charge in [-0.3, -0.25) is 0 Å². The Balaban J connectivity index is 1.79. The summed E-state index contributed by atoms with van der Waals surface area (Å²) in [5.41, 5.74) is 1.19. The van der Waals surface area contributed by atoms with Crippen molar-refractivity contribution >= 4 is 0 Å². The maximum Gasteiger partial charge on any atom is 0.0523 e. The van der Waals surface area contributed by atoms with E-state index in [-0.39, 0.29) is 0 Å². The fourth-order valence-corrected chi connectivity index (χ4v) is 4.70. The molecule has 2 saturated carbocycles. The zero-order chi connectivity index (χ0) is 11.2. The predicted molar refractivity (Wildman–Crippen MR) is 66.3 cm³/mol. The molecule has 0 amide bonds. The van der Waals surface area contributed by atoms with E-state index in [1.54, 1.807) is 0 Å². The topological polar surface area (TPSA) is 9.23 Å². The summed E-state index contributed by atoms with van der Waals surface area (Å²) >= 11 is 0. The maximum absolute atomic E-state index is 5.69. The molecule has 1 aliphatic heterocycles. The molecule has 3 fully saturated rings. The SMILES string of the molecule is CC1(C)CCCC2CCC3(CCOC3)CC21. The number of fused-ring (bicyclic) bond motifs is 1. The van der Waals surface area contributed by atoms with Gasteiger partial charge < -0.3 is 4.74 Å². The third-order valence-electron chi connectivity index (χ3n) is 5.85. The molecule has 1 nitrogen and oxygen atoms in total. The van der Waals surface area contributed by atoms with Crippen LogP contribution < -0.4 is 0 Å². The van der Waals surface area contributed by atoms with Crippen LogP contribution in [0.4, 0.5) is 0 Å². The molecule has 3 rings (SSSR count). The van der Waals surface area contributed by atoms with Crippen LogP contribution in [-0.2, 0) is 4.74 Å². The Morgan fingerprint density at radius 1 is 1.06 bits per heavy atom. The molecule has 0 aromatic carbocycles. The summed E-state index contributed by atoms with van der Waals surface area (Å²) in [6, 6.07) is 0. The van der Waals surface area contributed by atoms with E-state index in [0.29, 0.717) is 10.8 Å². The van der Waals surface area contributed by atoms with Crippen LogP contribution in [0.25, 0.3) is 0 Å². The Morgan fingerprint density at radius 3 is 2.69 bits per heavy atom.